The van der Waals surface area contributed by atoms with Crippen molar-refractivity contribution in [2.24, 2.45) is 5.41 Å². The van der Waals surface area contributed by atoms with Crippen LogP contribution in [0.15, 0.2) is 24.3 Å². The van der Waals surface area contributed by atoms with Crippen molar-refractivity contribution in [2.45, 2.75) is 19.4 Å². The first-order valence-corrected chi connectivity index (χ1v) is 7.49. The van der Waals surface area contributed by atoms with E-state index >= 15 is 0 Å². The minimum atomic E-state index is 0.274. The normalized spacial score (nSPS) is 18.1. The molecule has 2 nitrogen and oxygen atoms in total. The van der Waals surface area contributed by atoms with Crippen LogP contribution in [0, 0.1) is 5.41 Å². The zero-order chi connectivity index (χ0) is 11.4. The molecule has 1 saturated heterocycles. The highest BCUT2D eigenvalue weighted by Gasteiger charge is 2.37. The number of rotatable bonds is 5. The van der Waals surface area contributed by atoms with Gasteiger partial charge in [-0.1, -0.05) is 24.6 Å². The van der Waals surface area contributed by atoms with Crippen LogP contribution in [-0.2, 0) is 10.8 Å². The minimum Gasteiger partial charge on any atom is -0.493 e. The SMILES string of the molecule is CCC1(COc2ccc(C[SiH3])cc2)COC1. The van der Waals surface area contributed by atoms with E-state index in [9.17, 15) is 0 Å². The topological polar surface area (TPSA) is 18.5 Å². The Bertz CT molecular complexity index is 325. The molecule has 0 bridgehead atoms. The van der Waals surface area contributed by atoms with Crippen LogP contribution in [0.3, 0.4) is 0 Å². The Kier molecular flexibility index (Phi) is 3.66. The molecule has 16 heavy (non-hydrogen) atoms. The maximum atomic E-state index is 5.84. The van der Waals surface area contributed by atoms with Gasteiger partial charge in [0, 0.05) is 10.2 Å². The molecule has 0 aromatic heterocycles. The fourth-order valence-corrected chi connectivity index (χ4v) is 2.31. The van der Waals surface area contributed by atoms with Crippen LogP contribution in [0.1, 0.15) is 18.9 Å². The summed E-state index contributed by atoms with van der Waals surface area (Å²) in [6.07, 6.45) is 1.13. The lowest BCUT2D eigenvalue weighted by Crippen LogP contribution is -2.46. The van der Waals surface area contributed by atoms with Crippen molar-refractivity contribution in [1.82, 2.24) is 0 Å². The van der Waals surface area contributed by atoms with Crippen molar-refractivity contribution < 1.29 is 9.47 Å². The maximum Gasteiger partial charge on any atom is 0.119 e. The Hall–Kier alpha value is -0.803. The van der Waals surface area contributed by atoms with Gasteiger partial charge in [0.2, 0.25) is 0 Å². The predicted octanol–water partition coefficient (Wildman–Crippen LogP) is 1.36. The summed E-state index contributed by atoms with van der Waals surface area (Å²) in [7, 11) is 1.22. The molecule has 1 heterocycles. The van der Waals surface area contributed by atoms with Crippen LogP contribution in [0.25, 0.3) is 0 Å². The Morgan fingerprint density at radius 3 is 2.44 bits per heavy atom. The Labute approximate surface area is 100 Å². The molecule has 0 unspecified atom stereocenters. The third kappa shape index (κ3) is 2.47. The number of ether oxygens (including phenoxy) is 2. The van der Waals surface area contributed by atoms with E-state index in [-0.39, 0.29) is 5.41 Å². The smallest absolute Gasteiger partial charge is 0.119 e. The highest BCUT2D eigenvalue weighted by molar-refractivity contribution is 6.08. The van der Waals surface area contributed by atoms with E-state index in [1.165, 1.54) is 21.9 Å². The van der Waals surface area contributed by atoms with Crippen molar-refractivity contribution in [1.29, 1.82) is 0 Å². The zero-order valence-electron chi connectivity index (χ0n) is 10.2. The van der Waals surface area contributed by atoms with Gasteiger partial charge in [-0.15, -0.1) is 0 Å². The average molecular weight is 236 g/mol. The third-order valence-electron chi connectivity index (χ3n) is 3.44. The number of hydrogen-bond acceptors (Lipinski definition) is 2. The molecule has 0 atom stereocenters. The summed E-state index contributed by atoms with van der Waals surface area (Å²) in [5.74, 6) is 0.985. The fraction of sp³-hybridized carbons (Fsp3) is 0.538. The molecule has 0 radical (unpaired) electrons. The molecule has 0 amide bonds. The van der Waals surface area contributed by atoms with E-state index < -0.39 is 0 Å². The Morgan fingerprint density at radius 2 is 2.00 bits per heavy atom. The van der Waals surface area contributed by atoms with E-state index in [1.54, 1.807) is 0 Å². The molecule has 0 spiro atoms. The molecular weight excluding hydrogens is 216 g/mol. The van der Waals surface area contributed by atoms with E-state index in [0.29, 0.717) is 0 Å². The first-order chi connectivity index (χ1) is 7.78. The standard InChI is InChI=1S/C13H20O2Si/c1-2-13(8-14-9-13)10-15-12-5-3-11(7-16)4-6-12/h3-6H,2,7-10H2,1,16H3. The molecular formula is C13H20O2Si. The van der Waals surface area contributed by atoms with Gasteiger partial charge in [0.15, 0.2) is 0 Å². The highest BCUT2D eigenvalue weighted by atomic mass is 28.1. The van der Waals surface area contributed by atoms with Gasteiger partial charge in [-0.05, 0) is 24.6 Å². The molecule has 3 heteroatoms. The molecule has 0 aliphatic carbocycles. The van der Waals surface area contributed by atoms with Crippen LogP contribution in [-0.4, -0.2) is 30.1 Å². The monoisotopic (exact) mass is 236 g/mol. The molecule has 1 aromatic rings. The van der Waals surface area contributed by atoms with E-state index in [0.717, 1.165) is 32.0 Å². The molecule has 1 aliphatic rings. The summed E-state index contributed by atoms with van der Waals surface area (Å²) in [6.45, 7) is 4.69. The second kappa shape index (κ2) is 5.02. The predicted molar refractivity (Wildman–Crippen MR) is 69.1 cm³/mol. The molecule has 2 rings (SSSR count). The van der Waals surface area contributed by atoms with Gasteiger partial charge < -0.3 is 9.47 Å². The average Bonchev–Trinajstić information content (AvgIpc) is 2.29. The van der Waals surface area contributed by atoms with Gasteiger partial charge in [0.25, 0.3) is 0 Å². The first-order valence-electron chi connectivity index (χ1n) is 6.07. The van der Waals surface area contributed by atoms with E-state index in [1.807, 2.05) is 0 Å². The van der Waals surface area contributed by atoms with Crippen molar-refractivity contribution in [3.63, 3.8) is 0 Å². The fourth-order valence-electron chi connectivity index (χ4n) is 1.84. The van der Waals surface area contributed by atoms with Crippen LogP contribution in [0.4, 0.5) is 0 Å². The van der Waals surface area contributed by atoms with Gasteiger partial charge in [0.1, 0.15) is 5.75 Å². The molecule has 0 saturated carbocycles. The lowest BCUT2D eigenvalue weighted by molar-refractivity contribution is -0.133. The van der Waals surface area contributed by atoms with Crippen molar-refractivity contribution in [3.05, 3.63) is 29.8 Å². The van der Waals surface area contributed by atoms with Gasteiger partial charge in [-0.2, -0.15) is 0 Å². The van der Waals surface area contributed by atoms with Crippen molar-refractivity contribution in [2.75, 3.05) is 19.8 Å². The highest BCUT2D eigenvalue weighted by Crippen LogP contribution is 2.31. The maximum absolute atomic E-state index is 5.84. The molecule has 1 fully saturated rings. The van der Waals surface area contributed by atoms with E-state index in [2.05, 4.69) is 31.2 Å². The third-order valence-corrected chi connectivity index (χ3v) is 4.26. The van der Waals surface area contributed by atoms with Crippen LogP contribution >= 0.6 is 0 Å². The summed E-state index contributed by atoms with van der Waals surface area (Å²) in [6, 6.07) is 9.70. The summed E-state index contributed by atoms with van der Waals surface area (Å²) in [5.41, 5.74) is 1.69. The van der Waals surface area contributed by atoms with E-state index in [4.69, 9.17) is 9.47 Å². The van der Waals surface area contributed by atoms with Crippen molar-refractivity contribution >= 4 is 10.2 Å². The Balaban J connectivity index is 1.89. The van der Waals surface area contributed by atoms with Crippen LogP contribution in [0.2, 0.25) is 0 Å². The second-order valence-electron chi connectivity index (χ2n) is 4.63. The van der Waals surface area contributed by atoms with Crippen LogP contribution in [0.5, 0.6) is 5.75 Å². The molecule has 1 aromatic carbocycles. The first kappa shape index (κ1) is 11.7. The lowest BCUT2D eigenvalue weighted by atomic mass is 9.84. The van der Waals surface area contributed by atoms with Crippen LogP contribution < -0.4 is 4.74 Å². The summed E-state index contributed by atoms with van der Waals surface area (Å²) < 4.78 is 11.1. The quantitative estimate of drug-likeness (QED) is 0.719. The number of hydrogen-bond donors (Lipinski definition) is 0. The number of benzene rings is 1. The van der Waals surface area contributed by atoms with Gasteiger partial charge in [-0.25, -0.2) is 0 Å². The van der Waals surface area contributed by atoms with Gasteiger partial charge >= 0.3 is 0 Å². The minimum absolute atomic E-state index is 0.274. The molecule has 1 aliphatic heterocycles. The largest absolute Gasteiger partial charge is 0.493 e. The lowest BCUT2D eigenvalue weighted by Gasteiger charge is -2.40. The zero-order valence-corrected chi connectivity index (χ0v) is 12.2. The van der Waals surface area contributed by atoms with Crippen molar-refractivity contribution in [3.8, 4) is 5.75 Å². The summed E-state index contributed by atoms with van der Waals surface area (Å²) >= 11 is 0. The molecule has 0 N–H and O–H groups in total. The van der Waals surface area contributed by atoms with Gasteiger partial charge in [0.05, 0.1) is 25.2 Å². The second-order valence-corrected chi connectivity index (χ2v) is 5.34. The Morgan fingerprint density at radius 1 is 1.31 bits per heavy atom. The van der Waals surface area contributed by atoms with Gasteiger partial charge in [-0.3, -0.25) is 0 Å². The molecule has 88 valence electrons. The summed E-state index contributed by atoms with van der Waals surface area (Å²) in [4.78, 5) is 0. The summed E-state index contributed by atoms with van der Waals surface area (Å²) in [5, 5.41) is 0.